The van der Waals surface area contributed by atoms with Crippen molar-refractivity contribution in [1.82, 2.24) is 14.5 Å². The van der Waals surface area contributed by atoms with Crippen LogP contribution in [0.3, 0.4) is 0 Å². The van der Waals surface area contributed by atoms with Crippen molar-refractivity contribution in [3.05, 3.63) is 77.2 Å². The number of nitrogen functional groups attached to an aromatic ring is 1. The van der Waals surface area contributed by atoms with Crippen LogP contribution in [0.15, 0.2) is 66.1 Å². The van der Waals surface area contributed by atoms with E-state index in [4.69, 9.17) is 24.9 Å². The third-order valence-electron chi connectivity index (χ3n) is 7.81. The Morgan fingerprint density at radius 2 is 1.81 bits per heavy atom. The summed E-state index contributed by atoms with van der Waals surface area (Å²) in [6, 6.07) is 12.7. The van der Waals surface area contributed by atoms with Gasteiger partial charge in [-0.1, -0.05) is 6.58 Å². The molecule has 43 heavy (non-hydrogen) atoms. The van der Waals surface area contributed by atoms with Crippen LogP contribution in [0.4, 0.5) is 11.4 Å². The van der Waals surface area contributed by atoms with E-state index in [2.05, 4.69) is 16.8 Å². The molecule has 10 heteroatoms. The Hall–Kier alpha value is -4.67. The summed E-state index contributed by atoms with van der Waals surface area (Å²) < 4.78 is 18.3. The molecule has 0 bridgehead atoms. The van der Waals surface area contributed by atoms with E-state index < -0.39 is 0 Å². The number of morpholine rings is 1. The van der Waals surface area contributed by atoms with Gasteiger partial charge in [-0.05, 0) is 66.9 Å². The van der Waals surface area contributed by atoms with Crippen molar-refractivity contribution in [3.63, 3.8) is 0 Å². The first kappa shape index (κ1) is 29.8. The van der Waals surface area contributed by atoms with E-state index in [9.17, 15) is 9.59 Å². The summed E-state index contributed by atoms with van der Waals surface area (Å²) in [5, 5.41) is 3.66. The molecule has 1 aliphatic heterocycles. The lowest BCUT2D eigenvalue weighted by Crippen LogP contribution is -2.37. The minimum Gasteiger partial charge on any atom is -0.497 e. The van der Waals surface area contributed by atoms with Crippen LogP contribution in [0.5, 0.6) is 11.5 Å². The molecule has 10 nitrogen and oxygen atoms in total. The number of aryl methyl sites for hydroxylation is 1. The lowest BCUT2D eigenvalue weighted by atomic mass is 9.99. The van der Waals surface area contributed by atoms with E-state index in [1.807, 2.05) is 35.8 Å². The summed E-state index contributed by atoms with van der Waals surface area (Å²) in [4.78, 5) is 33.6. The third-order valence-corrected chi connectivity index (χ3v) is 7.81. The highest BCUT2D eigenvalue weighted by molar-refractivity contribution is 6.03. The van der Waals surface area contributed by atoms with Gasteiger partial charge in [0.2, 0.25) is 5.91 Å². The molecule has 1 saturated heterocycles. The Balaban J connectivity index is 1.66. The van der Waals surface area contributed by atoms with E-state index in [0.29, 0.717) is 51.8 Å². The number of nitrogens with two attached hydrogens (primary N) is 1. The molecule has 224 valence electrons. The van der Waals surface area contributed by atoms with Crippen molar-refractivity contribution in [2.75, 3.05) is 58.1 Å². The summed E-state index contributed by atoms with van der Waals surface area (Å²) in [7, 11) is 3.16. The molecule has 0 atom stereocenters. The van der Waals surface area contributed by atoms with Gasteiger partial charge in [0, 0.05) is 60.6 Å². The SMILES string of the molecule is C=CC(=O)Nc1ccc(N)c(C)c1-c1cc2c(cn1)cc(-c1cc(OC)cc(OC)c1)c(=O)n2CCCN1CCOCC1. The van der Waals surface area contributed by atoms with Gasteiger partial charge in [-0.3, -0.25) is 19.5 Å². The van der Waals surface area contributed by atoms with Crippen LogP contribution in [0.1, 0.15) is 12.0 Å². The Kier molecular flexibility index (Phi) is 9.08. The standard InChI is InChI=1S/C33H37N5O5/c1-5-31(39)36-28-8-7-27(34)21(2)32(28)29-19-30-23(20-35-29)17-26(22-15-24(41-3)18-25(16-22)42-4)33(40)38(30)10-6-9-37-11-13-43-14-12-37/h5,7-8,15-20H,1,6,9-14,34H2,2-4H3,(H,36,39). The number of nitrogens with one attached hydrogen (secondary N) is 1. The Morgan fingerprint density at radius 3 is 2.49 bits per heavy atom. The first-order valence-corrected chi connectivity index (χ1v) is 14.2. The molecule has 0 aliphatic carbocycles. The highest BCUT2D eigenvalue weighted by atomic mass is 16.5. The fourth-order valence-corrected chi connectivity index (χ4v) is 5.42. The van der Waals surface area contributed by atoms with E-state index in [-0.39, 0.29) is 11.5 Å². The summed E-state index contributed by atoms with van der Waals surface area (Å²) in [5.74, 6) is 0.837. The average molecular weight is 584 g/mol. The zero-order valence-corrected chi connectivity index (χ0v) is 24.8. The van der Waals surface area contributed by atoms with Crippen molar-refractivity contribution in [3.8, 4) is 33.9 Å². The fourth-order valence-electron chi connectivity index (χ4n) is 5.42. The Morgan fingerprint density at radius 1 is 1.09 bits per heavy atom. The molecule has 3 heterocycles. The molecule has 2 aromatic carbocycles. The highest BCUT2D eigenvalue weighted by Crippen LogP contribution is 2.36. The zero-order chi connectivity index (χ0) is 30.5. The van der Waals surface area contributed by atoms with Crippen LogP contribution in [-0.4, -0.2) is 67.4 Å². The summed E-state index contributed by atoms with van der Waals surface area (Å²) in [6.07, 6.45) is 3.74. The van der Waals surface area contributed by atoms with Gasteiger partial charge in [0.25, 0.3) is 5.56 Å². The van der Waals surface area contributed by atoms with Gasteiger partial charge < -0.3 is 29.8 Å². The molecule has 0 spiro atoms. The molecule has 0 radical (unpaired) electrons. The Bertz CT molecular complexity index is 1700. The van der Waals surface area contributed by atoms with E-state index in [0.717, 1.165) is 55.7 Å². The van der Waals surface area contributed by atoms with Gasteiger partial charge in [-0.2, -0.15) is 0 Å². The summed E-state index contributed by atoms with van der Waals surface area (Å²) in [5.41, 5.74) is 11.3. The summed E-state index contributed by atoms with van der Waals surface area (Å²) >= 11 is 0. The number of hydrogen-bond donors (Lipinski definition) is 2. The second-order valence-electron chi connectivity index (χ2n) is 10.4. The van der Waals surface area contributed by atoms with Gasteiger partial charge in [-0.15, -0.1) is 0 Å². The number of aromatic nitrogens is 2. The number of ether oxygens (including phenoxy) is 3. The van der Waals surface area contributed by atoms with Crippen molar-refractivity contribution in [2.45, 2.75) is 19.9 Å². The summed E-state index contributed by atoms with van der Waals surface area (Å²) in [6.45, 7) is 9.98. The van der Waals surface area contributed by atoms with E-state index in [1.165, 1.54) is 6.08 Å². The molecular formula is C33H37N5O5. The number of methoxy groups -OCH3 is 2. The van der Waals surface area contributed by atoms with Crippen LogP contribution in [0.25, 0.3) is 33.3 Å². The molecule has 5 rings (SSSR count). The topological polar surface area (TPSA) is 121 Å². The minimum absolute atomic E-state index is 0.133. The van der Waals surface area contributed by atoms with Crippen molar-refractivity contribution in [2.24, 2.45) is 0 Å². The van der Waals surface area contributed by atoms with Crippen LogP contribution in [0.2, 0.25) is 0 Å². The number of nitrogens with zero attached hydrogens (tertiary/aromatic N) is 3. The molecule has 0 unspecified atom stereocenters. The van der Waals surface area contributed by atoms with Crippen LogP contribution < -0.4 is 26.1 Å². The average Bonchev–Trinajstić information content (AvgIpc) is 3.03. The van der Waals surface area contributed by atoms with Gasteiger partial charge in [0.15, 0.2) is 0 Å². The predicted octanol–water partition coefficient (Wildman–Crippen LogP) is 4.49. The number of pyridine rings is 2. The molecule has 3 N–H and O–H groups in total. The predicted molar refractivity (Wildman–Crippen MR) is 170 cm³/mol. The number of fused-ring (bicyclic) bond motifs is 1. The fraction of sp³-hybridized carbons (Fsp3) is 0.303. The molecule has 1 fully saturated rings. The zero-order valence-electron chi connectivity index (χ0n) is 24.8. The van der Waals surface area contributed by atoms with Crippen LogP contribution >= 0.6 is 0 Å². The lowest BCUT2D eigenvalue weighted by Gasteiger charge is -2.26. The smallest absolute Gasteiger partial charge is 0.258 e. The molecule has 2 aromatic heterocycles. The number of benzene rings is 2. The van der Waals surface area contributed by atoms with Crippen molar-refractivity contribution < 1.29 is 19.0 Å². The maximum absolute atomic E-state index is 14.2. The number of amides is 1. The van der Waals surface area contributed by atoms with Crippen molar-refractivity contribution >= 4 is 28.2 Å². The minimum atomic E-state index is -0.343. The molecular weight excluding hydrogens is 546 g/mol. The number of hydrogen-bond acceptors (Lipinski definition) is 8. The quantitative estimate of drug-likeness (QED) is 0.207. The third kappa shape index (κ3) is 6.40. The highest BCUT2D eigenvalue weighted by Gasteiger charge is 2.19. The first-order valence-electron chi connectivity index (χ1n) is 14.2. The van der Waals surface area contributed by atoms with Gasteiger partial charge in [-0.25, -0.2) is 0 Å². The number of carbonyl (C=O) groups excluding carboxylic acids is 1. The molecule has 1 aliphatic rings. The van der Waals surface area contributed by atoms with Crippen LogP contribution in [0, 0.1) is 6.92 Å². The first-order chi connectivity index (χ1) is 20.8. The van der Waals surface area contributed by atoms with Crippen molar-refractivity contribution in [1.29, 1.82) is 0 Å². The maximum Gasteiger partial charge on any atom is 0.258 e. The van der Waals surface area contributed by atoms with E-state index in [1.54, 1.807) is 38.6 Å². The van der Waals surface area contributed by atoms with Crippen LogP contribution in [-0.2, 0) is 16.1 Å². The number of anilines is 2. The lowest BCUT2D eigenvalue weighted by molar-refractivity contribution is -0.111. The molecule has 0 saturated carbocycles. The monoisotopic (exact) mass is 583 g/mol. The van der Waals surface area contributed by atoms with Gasteiger partial charge >= 0.3 is 0 Å². The Labute approximate surface area is 250 Å². The maximum atomic E-state index is 14.2. The number of carbonyl (C=O) groups is 1. The van der Waals surface area contributed by atoms with Gasteiger partial charge in [0.05, 0.1) is 44.3 Å². The molecule has 1 amide bonds. The number of rotatable bonds is 10. The molecule has 4 aromatic rings. The van der Waals surface area contributed by atoms with E-state index >= 15 is 0 Å². The normalized spacial score (nSPS) is 13.6. The second kappa shape index (κ2) is 13.1. The second-order valence-corrected chi connectivity index (χ2v) is 10.4. The largest absolute Gasteiger partial charge is 0.497 e. The van der Waals surface area contributed by atoms with Gasteiger partial charge in [0.1, 0.15) is 11.5 Å².